The smallest absolute Gasteiger partial charge is 0.294 e. The van der Waals surface area contributed by atoms with E-state index < -0.39 is 29.3 Å². The summed E-state index contributed by atoms with van der Waals surface area (Å²) in [6.45, 7) is 0. The lowest BCUT2D eigenvalue weighted by molar-refractivity contribution is -0.117. The Labute approximate surface area is 180 Å². The Bertz CT molecular complexity index is 1370. The molecule has 1 N–H and O–H groups in total. The summed E-state index contributed by atoms with van der Waals surface area (Å²) in [6, 6.07) is 14.0. The summed E-state index contributed by atoms with van der Waals surface area (Å²) in [5, 5.41) is 11.3. The Morgan fingerprint density at radius 2 is 1.91 bits per heavy atom. The highest BCUT2D eigenvalue weighted by molar-refractivity contribution is 6.20. The molecule has 1 aliphatic rings. The molecule has 2 aromatic heterocycles. The number of methoxy groups -OCH3 is 1. The Kier molecular flexibility index (Phi) is 4.55. The molecule has 32 heavy (non-hydrogen) atoms. The van der Waals surface area contributed by atoms with Gasteiger partial charge < -0.3 is 18.7 Å². The molecule has 2 aromatic carbocycles. The molecule has 7 nitrogen and oxygen atoms in total. The van der Waals surface area contributed by atoms with Gasteiger partial charge in [0.25, 0.3) is 5.91 Å². The summed E-state index contributed by atoms with van der Waals surface area (Å²) < 4.78 is 29.9. The van der Waals surface area contributed by atoms with E-state index >= 15 is 0 Å². The number of ether oxygens (including phenoxy) is 1. The average Bonchev–Trinajstić information content (AvgIpc) is 3.53. The number of benzene rings is 2. The number of anilines is 1. The van der Waals surface area contributed by atoms with E-state index in [1.54, 1.807) is 30.3 Å². The van der Waals surface area contributed by atoms with Crippen LogP contribution in [0, 0.1) is 5.82 Å². The van der Waals surface area contributed by atoms with Gasteiger partial charge in [-0.05, 0) is 48.5 Å². The van der Waals surface area contributed by atoms with Crippen molar-refractivity contribution >= 4 is 28.3 Å². The number of aliphatic hydroxyl groups is 1. The van der Waals surface area contributed by atoms with Crippen molar-refractivity contribution in [3.8, 4) is 5.75 Å². The maximum absolute atomic E-state index is 13.5. The zero-order chi connectivity index (χ0) is 22.4. The highest BCUT2D eigenvalue weighted by Crippen LogP contribution is 2.42. The van der Waals surface area contributed by atoms with Crippen molar-refractivity contribution in [1.29, 1.82) is 0 Å². The van der Waals surface area contributed by atoms with Crippen LogP contribution in [0.3, 0.4) is 0 Å². The first kappa shape index (κ1) is 19.6. The summed E-state index contributed by atoms with van der Waals surface area (Å²) in [4.78, 5) is 27.7. The van der Waals surface area contributed by atoms with Crippen LogP contribution in [0.25, 0.3) is 11.0 Å². The first-order valence-corrected chi connectivity index (χ1v) is 9.66. The third kappa shape index (κ3) is 2.96. The van der Waals surface area contributed by atoms with Crippen LogP contribution in [0.2, 0.25) is 0 Å². The maximum Gasteiger partial charge on any atom is 0.294 e. The highest BCUT2D eigenvalue weighted by Gasteiger charge is 2.46. The van der Waals surface area contributed by atoms with Crippen LogP contribution in [-0.2, 0) is 4.79 Å². The van der Waals surface area contributed by atoms with Gasteiger partial charge in [0.1, 0.15) is 17.6 Å². The molecule has 0 aliphatic carbocycles. The van der Waals surface area contributed by atoms with Gasteiger partial charge in [-0.2, -0.15) is 0 Å². The number of para-hydroxylation sites is 1. The van der Waals surface area contributed by atoms with Crippen molar-refractivity contribution in [2.75, 3.05) is 12.0 Å². The predicted molar refractivity (Wildman–Crippen MR) is 112 cm³/mol. The van der Waals surface area contributed by atoms with Gasteiger partial charge in [0.15, 0.2) is 22.9 Å². The topological polar surface area (TPSA) is 93.1 Å². The number of furan rings is 2. The summed E-state index contributed by atoms with van der Waals surface area (Å²) in [6.07, 6.45) is 1.40. The number of Topliss-reactive ketones (excluding diaryl/α,β-unsaturated/α-hetero) is 1. The molecule has 3 heterocycles. The minimum absolute atomic E-state index is 0.0728. The fraction of sp³-hybridized carbons (Fsp3) is 0.0833. The molecule has 0 radical (unpaired) electrons. The zero-order valence-electron chi connectivity index (χ0n) is 16.7. The monoisotopic (exact) mass is 433 g/mol. The van der Waals surface area contributed by atoms with E-state index in [1.165, 1.54) is 48.6 Å². The molecule has 1 atom stereocenters. The van der Waals surface area contributed by atoms with Crippen molar-refractivity contribution < 1.29 is 32.7 Å². The molecule has 1 unspecified atom stereocenters. The van der Waals surface area contributed by atoms with Crippen molar-refractivity contribution in [3.63, 3.8) is 0 Å². The number of hydrogen-bond donors (Lipinski definition) is 1. The third-order valence-corrected chi connectivity index (χ3v) is 5.32. The second kappa shape index (κ2) is 7.42. The number of ketones is 1. The second-order valence-corrected chi connectivity index (χ2v) is 7.15. The van der Waals surface area contributed by atoms with E-state index in [-0.39, 0.29) is 17.1 Å². The van der Waals surface area contributed by atoms with Crippen molar-refractivity contribution in [2.24, 2.45) is 0 Å². The van der Waals surface area contributed by atoms with E-state index in [1.807, 2.05) is 0 Å². The lowest BCUT2D eigenvalue weighted by Gasteiger charge is -2.24. The zero-order valence-corrected chi connectivity index (χ0v) is 16.7. The molecule has 5 rings (SSSR count). The number of halogens is 1. The van der Waals surface area contributed by atoms with Gasteiger partial charge in [-0.1, -0.05) is 12.1 Å². The quantitative estimate of drug-likeness (QED) is 0.448. The SMILES string of the molecule is COc1cccc2cc(C(=O)C3=C(O)C(=O)N(c4ccc(F)cc4)C3c3ccco3)oc12. The maximum atomic E-state index is 13.5. The van der Waals surface area contributed by atoms with Crippen LogP contribution in [-0.4, -0.2) is 23.9 Å². The second-order valence-electron chi connectivity index (χ2n) is 7.15. The molecule has 160 valence electrons. The van der Waals surface area contributed by atoms with Gasteiger partial charge in [-0.3, -0.25) is 14.5 Å². The molecule has 0 saturated carbocycles. The predicted octanol–water partition coefficient (Wildman–Crippen LogP) is 4.96. The number of rotatable bonds is 5. The highest BCUT2D eigenvalue weighted by atomic mass is 19.1. The van der Waals surface area contributed by atoms with Crippen LogP contribution in [0.1, 0.15) is 22.4 Å². The first-order valence-electron chi connectivity index (χ1n) is 9.66. The number of fused-ring (bicyclic) bond motifs is 1. The standard InChI is InChI=1S/C24H16FNO6/c1-30-17-5-2-4-13-12-18(32-23(13)17)21(27)19-20(16-6-3-11-31-16)26(24(29)22(19)28)15-9-7-14(25)8-10-15/h2-12,20,28H,1H3. The Hall–Kier alpha value is -4.33. The van der Waals surface area contributed by atoms with Crippen molar-refractivity contribution in [1.82, 2.24) is 0 Å². The summed E-state index contributed by atoms with van der Waals surface area (Å²) in [7, 11) is 1.48. The Morgan fingerprint density at radius 1 is 1.12 bits per heavy atom. The number of hydrogen-bond acceptors (Lipinski definition) is 6. The van der Waals surface area contributed by atoms with Crippen LogP contribution < -0.4 is 9.64 Å². The molecule has 0 bridgehead atoms. The molecular formula is C24H16FNO6. The normalized spacial score (nSPS) is 16.2. The van der Waals surface area contributed by atoms with Crippen LogP contribution in [0.15, 0.2) is 87.1 Å². The fourth-order valence-corrected chi connectivity index (χ4v) is 3.86. The number of carbonyl (C=O) groups is 2. The van der Waals surface area contributed by atoms with E-state index in [0.717, 1.165) is 0 Å². The third-order valence-electron chi connectivity index (χ3n) is 5.32. The minimum atomic E-state index is -1.06. The summed E-state index contributed by atoms with van der Waals surface area (Å²) >= 11 is 0. The van der Waals surface area contributed by atoms with Crippen LogP contribution in [0.4, 0.5) is 10.1 Å². The van der Waals surface area contributed by atoms with Crippen LogP contribution >= 0.6 is 0 Å². The minimum Gasteiger partial charge on any atom is -0.503 e. The molecule has 4 aromatic rings. The first-order chi connectivity index (χ1) is 15.5. The number of amides is 1. The summed E-state index contributed by atoms with van der Waals surface area (Å²) in [5.74, 6) is -2.08. The molecule has 0 saturated heterocycles. The van der Waals surface area contributed by atoms with E-state index in [2.05, 4.69) is 0 Å². The largest absolute Gasteiger partial charge is 0.503 e. The number of nitrogens with zero attached hydrogens (tertiary/aromatic N) is 1. The molecule has 1 aliphatic heterocycles. The van der Waals surface area contributed by atoms with E-state index in [4.69, 9.17) is 13.6 Å². The lowest BCUT2D eigenvalue weighted by Crippen LogP contribution is -2.30. The van der Waals surface area contributed by atoms with Crippen molar-refractivity contribution in [2.45, 2.75) is 6.04 Å². The number of aliphatic hydroxyl groups excluding tert-OH is 1. The van der Waals surface area contributed by atoms with E-state index in [9.17, 15) is 19.1 Å². The van der Waals surface area contributed by atoms with Gasteiger partial charge in [0.05, 0.1) is 18.9 Å². The van der Waals surface area contributed by atoms with Crippen LogP contribution in [0.5, 0.6) is 5.75 Å². The average molecular weight is 433 g/mol. The van der Waals surface area contributed by atoms with Gasteiger partial charge >= 0.3 is 0 Å². The molecule has 1 amide bonds. The van der Waals surface area contributed by atoms with Gasteiger partial charge in [0.2, 0.25) is 5.78 Å². The molecule has 0 fully saturated rings. The number of carbonyl (C=O) groups excluding carboxylic acids is 2. The Morgan fingerprint density at radius 3 is 2.59 bits per heavy atom. The summed E-state index contributed by atoms with van der Waals surface area (Å²) in [5.41, 5.74) is 0.457. The Balaban J connectivity index is 1.64. The van der Waals surface area contributed by atoms with Gasteiger partial charge in [-0.25, -0.2) is 4.39 Å². The molecule has 0 spiro atoms. The van der Waals surface area contributed by atoms with Gasteiger partial charge in [0, 0.05) is 11.1 Å². The molecule has 8 heteroatoms. The fourth-order valence-electron chi connectivity index (χ4n) is 3.86. The van der Waals surface area contributed by atoms with Gasteiger partial charge in [-0.15, -0.1) is 0 Å². The lowest BCUT2D eigenvalue weighted by atomic mass is 9.99. The van der Waals surface area contributed by atoms with Crippen molar-refractivity contribution in [3.05, 3.63) is 95.6 Å². The molecular weight excluding hydrogens is 417 g/mol. The van der Waals surface area contributed by atoms with E-state index in [0.29, 0.717) is 22.4 Å².